The number of hydrogen-bond donors (Lipinski definition) is 1. The van der Waals surface area contributed by atoms with Gasteiger partial charge in [-0.2, -0.15) is 0 Å². The number of thiol groups is 1. The molecular weight excluding hydrogens is 365 g/mol. The van der Waals surface area contributed by atoms with Crippen LogP contribution in [0.1, 0.15) is 33.6 Å². The molecule has 3 rings (SSSR count). The van der Waals surface area contributed by atoms with E-state index in [1.165, 1.54) is 20.0 Å². The molecule has 0 aliphatic rings. The summed E-state index contributed by atoms with van der Waals surface area (Å²) in [4.78, 5) is 3.95. The van der Waals surface area contributed by atoms with E-state index in [4.69, 9.17) is 13.9 Å². The van der Waals surface area contributed by atoms with Crippen LogP contribution in [-0.4, -0.2) is 18.9 Å². The zero-order valence-electron chi connectivity index (χ0n) is 16.2. The van der Waals surface area contributed by atoms with Crippen molar-refractivity contribution in [1.29, 1.82) is 0 Å². The molecule has 0 N–H and O–H groups in total. The first-order valence-electron chi connectivity index (χ1n) is 9.00. The summed E-state index contributed by atoms with van der Waals surface area (Å²) in [5.41, 5.74) is 1.76. The second-order valence-corrected chi connectivity index (χ2v) is 6.64. The minimum Gasteiger partial charge on any atom is -0.464 e. The highest BCUT2D eigenvalue weighted by Gasteiger charge is 2.22. The van der Waals surface area contributed by atoms with Crippen LogP contribution in [0.4, 0.5) is 4.39 Å². The van der Waals surface area contributed by atoms with Crippen molar-refractivity contribution in [2.75, 3.05) is 13.9 Å². The zero-order chi connectivity index (χ0) is 19.8. The van der Waals surface area contributed by atoms with Gasteiger partial charge in [0.15, 0.2) is 23.5 Å². The maximum absolute atomic E-state index is 14.0. The van der Waals surface area contributed by atoms with Crippen molar-refractivity contribution in [3.8, 4) is 16.9 Å². The maximum atomic E-state index is 14.0. The molecule has 0 saturated carbocycles. The monoisotopic (exact) mass is 391 g/mol. The highest BCUT2D eigenvalue weighted by molar-refractivity contribution is 7.80. The summed E-state index contributed by atoms with van der Waals surface area (Å²) in [6, 6.07) is 9.42. The number of benzene rings is 1. The minimum atomic E-state index is -0.578. The first-order valence-corrected chi connectivity index (χ1v) is 9.45. The van der Waals surface area contributed by atoms with Crippen molar-refractivity contribution in [1.82, 2.24) is 4.98 Å². The molecule has 1 aromatic carbocycles. The standard InChI is InChI=1S/C15H12FNO3S.C6H14/c1-18-8-19-13-10(16)7-17-14-12(13)11(15(21)20-14)9-5-3-2-4-6-9;1-4-6(3)5-2/h2-7,21H,8H2,1H3;6H,4-5H2,1-3H3. The van der Waals surface area contributed by atoms with Gasteiger partial charge in [-0.05, 0) is 11.5 Å². The summed E-state index contributed by atoms with van der Waals surface area (Å²) in [6.07, 6.45) is 3.71. The predicted molar refractivity (Wildman–Crippen MR) is 109 cm³/mol. The van der Waals surface area contributed by atoms with Crippen LogP contribution in [0.25, 0.3) is 22.2 Å². The third kappa shape index (κ3) is 5.23. The molecule has 0 atom stereocenters. The minimum absolute atomic E-state index is 0.0461. The number of fused-ring (bicyclic) bond motifs is 1. The van der Waals surface area contributed by atoms with Crippen LogP contribution in [0.3, 0.4) is 0 Å². The molecule has 2 aromatic heterocycles. The Balaban J connectivity index is 0.000000380. The molecule has 146 valence electrons. The summed E-state index contributed by atoms with van der Waals surface area (Å²) in [5, 5.41) is 0.805. The third-order valence-electron chi connectivity index (χ3n) is 4.39. The Labute approximate surface area is 165 Å². The molecule has 0 bridgehead atoms. The normalized spacial score (nSPS) is 10.8. The van der Waals surface area contributed by atoms with Gasteiger partial charge >= 0.3 is 0 Å². The number of halogens is 1. The molecule has 0 fully saturated rings. The first-order chi connectivity index (χ1) is 13.0. The molecule has 0 spiro atoms. The molecule has 4 nitrogen and oxygen atoms in total. The average molecular weight is 392 g/mol. The largest absolute Gasteiger partial charge is 0.464 e. The van der Waals surface area contributed by atoms with Gasteiger partial charge in [0.1, 0.15) is 0 Å². The Morgan fingerprint density at radius 2 is 1.85 bits per heavy atom. The van der Waals surface area contributed by atoms with Crippen LogP contribution in [0, 0.1) is 11.7 Å². The van der Waals surface area contributed by atoms with E-state index in [1.807, 2.05) is 30.3 Å². The number of nitrogens with zero attached hydrogens (tertiary/aromatic N) is 1. The number of methoxy groups -OCH3 is 1. The Morgan fingerprint density at radius 3 is 2.41 bits per heavy atom. The smallest absolute Gasteiger partial charge is 0.232 e. The van der Waals surface area contributed by atoms with E-state index < -0.39 is 5.82 Å². The van der Waals surface area contributed by atoms with Crippen LogP contribution >= 0.6 is 12.6 Å². The van der Waals surface area contributed by atoms with Crippen LogP contribution in [-0.2, 0) is 4.74 Å². The Bertz CT molecular complexity index is 848. The third-order valence-corrected chi connectivity index (χ3v) is 4.70. The van der Waals surface area contributed by atoms with Gasteiger partial charge < -0.3 is 13.9 Å². The van der Waals surface area contributed by atoms with E-state index in [9.17, 15) is 4.39 Å². The second kappa shape index (κ2) is 10.3. The number of hydrogen-bond acceptors (Lipinski definition) is 5. The Hall–Kier alpha value is -2.05. The molecule has 0 saturated heterocycles. The lowest BCUT2D eigenvalue weighted by Gasteiger charge is -2.08. The Morgan fingerprint density at radius 1 is 1.19 bits per heavy atom. The number of aromatic nitrogens is 1. The highest BCUT2D eigenvalue weighted by Crippen LogP contribution is 2.41. The molecule has 27 heavy (non-hydrogen) atoms. The Kier molecular flexibility index (Phi) is 8.13. The SMILES string of the molecule is CCC(C)CC.COCOc1c(F)cnc2oc(S)c(-c3ccccc3)c12. The highest BCUT2D eigenvalue weighted by atomic mass is 32.1. The fourth-order valence-corrected chi connectivity index (χ4v) is 2.75. The lowest BCUT2D eigenvalue weighted by Crippen LogP contribution is -2.02. The maximum Gasteiger partial charge on any atom is 0.232 e. The van der Waals surface area contributed by atoms with Gasteiger partial charge in [-0.15, -0.1) is 12.6 Å². The molecule has 0 aliphatic heterocycles. The topological polar surface area (TPSA) is 44.5 Å². The number of ether oxygens (including phenoxy) is 2. The molecule has 2 heterocycles. The van der Waals surface area contributed by atoms with E-state index >= 15 is 0 Å². The number of rotatable bonds is 6. The van der Waals surface area contributed by atoms with Crippen molar-refractivity contribution < 1.29 is 18.3 Å². The predicted octanol–water partition coefficient (Wildman–Crippen LogP) is 6.35. The average Bonchev–Trinajstić information content (AvgIpc) is 3.04. The first kappa shape index (κ1) is 21.3. The van der Waals surface area contributed by atoms with Crippen molar-refractivity contribution in [3.63, 3.8) is 0 Å². The molecule has 6 heteroatoms. The summed E-state index contributed by atoms with van der Waals surface area (Å²) in [5.74, 6) is 0.403. The molecule has 3 aromatic rings. The molecule has 0 amide bonds. The van der Waals surface area contributed by atoms with Gasteiger partial charge in [0.25, 0.3) is 0 Å². The summed E-state index contributed by atoms with van der Waals surface area (Å²) in [7, 11) is 1.47. The van der Waals surface area contributed by atoms with Crippen molar-refractivity contribution in [2.45, 2.75) is 38.7 Å². The molecule has 0 unspecified atom stereocenters. The van der Waals surface area contributed by atoms with E-state index in [2.05, 4.69) is 38.4 Å². The van der Waals surface area contributed by atoms with Gasteiger partial charge in [0.05, 0.1) is 11.6 Å². The van der Waals surface area contributed by atoms with Crippen molar-refractivity contribution in [3.05, 3.63) is 42.3 Å². The molecule has 0 radical (unpaired) electrons. The van der Waals surface area contributed by atoms with Gasteiger partial charge in [-0.1, -0.05) is 63.9 Å². The zero-order valence-corrected chi connectivity index (χ0v) is 17.1. The van der Waals surface area contributed by atoms with E-state index in [1.54, 1.807) is 0 Å². The van der Waals surface area contributed by atoms with Gasteiger partial charge in [-0.25, -0.2) is 9.37 Å². The fraction of sp³-hybridized carbons (Fsp3) is 0.381. The van der Waals surface area contributed by atoms with Crippen LogP contribution in [0.5, 0.6) is 5.75 Å². The quantitative estimate of drug-likeness (QED) is 0.393. The van der Waals surface area contributed by atoms with Crippen LogP contribution in [0.2, 0.25) is 0 Å². The number of pyridine rings is 1. The lowest BCUT2D eigenvalue weighted by atomic mass is 10.1. The van der Waals surface area contributed by atoms with Gasteiger partial charge in [-0.3, -0.25) is 0 Å². The van der Waals surface area contributed by atoms with Gasteiger partial charge in [0.2, 0.25) is 5.71 Å². The lowest BCUT2D eigenvalue weighted by molar-refractivity contribution is 0.0494. The van der Waals surface area contributed by atoms with Crippen LogP contribution < -0.4 is 4.74 Å². The van der Waals surface area contributed by atoms with Crippen molar-refractivity contribution >= 4 is 23.7 Å². The fourth-order valence-electron chi connectivity index (χ4n) is 2.42. The number of furan rings is 1. The van der Waals surface area contributed by atoms with Crippen LogP contribution in [0.15, 0.2) is 46.0 Å². The molecule has 0 aliphatic carbocycles. The van der Waals surface area contributed by atoms with E-state index in [-0.39, 0.29) is 18.3 Å². The summed E-state index contributed by atoms with van der Waals surface area (Å²) >= 11 is 4.32. The molecular formula is C21H26FNO3S. The van der Waals surface area contributed by atoms with E-state index in [0.29, 0.717) is 16.0 Å². The summed E-state index contributed by atoms with van der Waals surface area (Å²) in [6.45, 7) is 6.67. The van der Waals surface area contributed by atoms with Crippen molar-refractivity contribution in [2.24, 2.45) is 5.92 Å². The van der Waals surface area contributed by atoms with E-state index in [0.717, 1.165) is 17.7 Å². The second-order valence-electron chi connectivity index (χ2n) is 6.24. The van der Waals surface area contributed by atoms with Gasteiger partial charge in [0, 0.05) is 12.7 Å². The summed E-state index contributed by atoms with van der Waals surface area (Å²) < 4.78 is 29.7.